The van der Waals surface area contributed by atoms with Crippen LogP contribution in [0.5, 0.6) is 0 Å². The molecule has 0 bridgehead atoms. The molecule has 3 heteroatoms. The molecule has 59 heavy (non-hydrogen) atoms. The Morgan fingerprint density at radius 1 is 0.508 bits per heavy atom. The smallest absolute Gasteiger partial charge is 0.137 e. The Labute approximate surface area is 352 Å². The van der Waals surface area contributed by atoms with Crippen LogP contribution in [0.3, 0.4) is 0 Å². The fraction of sp³-hybridized carbons (Fsp3) is 0.250. The molecule has 0 saturated heterocycles. The van der Waals surface area contributed by atoms with Gasteiger partial charge < -0.3 is 9.32 Å². The Kier molecular flexibility index (Phi) is 7.40. The molecule has 0 atom stereocenters. The molecule has 2 heterocycles. The molecule has 0 N–H and O–H groups in total. The summed E-state index contributed by atoms with van der Waals surface area (Å²) in [5.74, 6) is 0. The largest absolute Gasteiger partial charge is 0.456 e. The summed E-state index contributed by atoms with van der Waals surface area (Å²) in [5.41, 5.74) is 18.6. The summed E-state index contributed by atoms with van der Waals surface area (Å²) in [6.07, 6.45) is 0. The van der Waals surface area contributed by atoms with Crippen molar-refractivity contribution in [1.29, 1.82) is 0 Å². The number of thiophene rings is 1. The van der Waals surface area contributed by atoms with Crippen LogP contribution in [0.25, 0.3) is 64.4 Å². The predicted octanol–water partition coefficient (Wildman–Crippen LogP) is 16.6. The molecular weight excluding hydrogens is 735 g/mol. The number of rotatable bonds is 3. The van der Waals surface area contributed by atoms with Gasteiger partial charge in [0.1, 0.15) is 11.2 Å². The number of nitrogens with zero attached hydrogens (tertiary/aromatic N) is 1. The SMILES string of the molecule is CC(C)(C)c1cc(C(C)(C)C)c2sc3ccc4c(c3c2c1)-c1c(N(c2ccc3c(c2)C(C)(C)c2ccccc2-3)c2cccc3oc5ccccc5c23)cccc1C4(C)C. The molecule has 292 valence electrons. The zero-order chi connectivity index (χ0) is 41.0. The topological polar surface area (TPSA) is 16.4 Å². The van der Waals surface area contributed by atoms with Gasteiger partial charge in [0.25, 0.3) is 0 Å². The number of benzene rings is 7. The second kappa shape index (κ2) is 12.0. The molecule has 0 saturated carbocycles. The lowest BCUT2D eigenvalue weighted by Crippen LogP contribution is -2.17. The minimum atomic E-state index is -0.209. The molecule has 0 fully saturated rings. The van der Waals surface area contributed by atoms with Crippen molar-refractivity contribution < 1.29 is 4.42 Å². The number of hydrogen-bond acceptors (Lipinski definition) is 3. The van der Waals surface area contributed by atoms with Gasteiger partial charge in [-0.25, -0.2) is 0 Å². The lowest BCUT2D eigenvalue weighted by molar-refractivity contribution is 0.573. The lowest BCUT2D eigenvalue weighted by atomic mass is 9.79. The maximum atomic E-state index is 6.59. The van der Waals surface area contributed by atoms with Gasteiger partial charge in [-0.3, -0.25) is 0 Å². The van der Waals surface area contributed by atoms with Crippen LogP contribution in [0, 0.1) is 0 Å². The molecule has 0 aliphatic heterocycles. The maximum absolute atomic E-state index is 6.59. The molecule has 0 amide bonds. The average Bonchev–Trinajstić information content (AvgIpc) is 3.90. The van der Waals surface area contributed by atoms with Crippen molar-refractivity contribution in [2.24, 2.45) is 0 Å². The van der Waals surface area contributed by atoms with Crippen LogP contribution in [-0.2, 0) is 21.7 Å². The lowest BCUT2D eigenvalue weighted by Gasteiger charge is -2.31. The quantitative estimate of drug-likeness (QED) is 0.177. The van der Waals surface area contributed by atoms with E-state index >= 15 is 0 Å². The highest BCUT2D eigenvalue weighted by Crippen LogP contribution is 2.60. The van der Waals surface area contributed by atoms with E-state index in [1.54, 1.807) is 0 Å². The second-order valence-electron chi connectivity index (χ2n) is 20.2. The Bertz CT molecular complexity index is 3240. The number of anilines is 3. The highest BCUT2D eigenvalue weighted by Gasteiger charge is 2.41. The average molecular weight is 786 g/mol. The van der Waals surface area contributed by atoms with E-state index in [-0.39, 0.29) is 21.7 Å². The highest BCUT2D eigenvalue weighted by molar-refractivity contribution is 7.26. The standard InChI is InChI=1S/C56H51NOS/c1-53(2,3)32-29-37-49-47(59-52(37)42(30-32)54(4,5)6)28-27-40-51(49)50-39(56(40,9)10)20-15-21-44(50)57(43-22-16-24-46-48(43)36-18-12-14-23-45(36)58-46)33-25-26-35-34-17-11-13-19-38(34)55(7,8)41(35)31-33/h11-31H,1-10H3. The molecular formula is C56H51NOS. The molecule has 0 unspecified atom stereocenters. The minimum absolute atomic E-state index is 0.00422. The molecule has 0 radical (unpaired) electrons. The minimum Gasteiger partial charge on any atom is -0.456 e. The van der Waals surface area contributed by atoms with Crippen molar-refractivity contribution in [1.82, 2.24) is 0 Å². The van der Waals surface area contributed by atoms with Gasteiger partial charge in [0, 0.05) is 47.6 Å². The molecule has 2 nitrogen and oxygen atoms in total. The van der Waals surface area contributed by atoms with Gasteiger partial charge in [-0.2, -0.15) is 0 Å². The third kappa shape index (κ3) is 5.04. The molecule has 0 spiro atoms. The van der Waals surface area contributed by atoms with Crippen LogP contribution in [0.2, 0.25) is 0 Å². The van der Waals surface area contributed by atoms with Gasteiger partial charge in [-0.15, -0.1) is 11.3 Å². The molecule has 2 aromatic heterocycles. The summed E-state index contributed by atoms with van der Waals surface area (Å²) < 4.78 is 9.35. The molecule has 9 aromatic rings. The highest BCUT2D eigenvalue weighted by atomic mass is 32.1. The fourth-order valence-corrected chi connectivity index (χ4v) is 12.0. The van der Waals surface area contributed by atoms with Crippen molar-refractivity contribution in [2.45, 2.75) is 90.9 Å². The zero-order valence-corrected chi connectivity index (χ0v) is 36.7. The first-order valence-electron chi connectivity index (χ1n) is 21.2. The summed E-state index contributed by atoms with van der Waals surface area (Å²) in [5, 5.41) is 5.02. The van der Waals surface area contributed by atoms with Crippen LogP contribution < -0.4 is 4.90 Å². The maximum Gasteiger partial charge on any atom is 0.137 e. The normalized spacial score (nSPS) is 15.2. The number of hydrogen-bond donors (Lipinski definition) is 0. The van der Waals surface area contributed by atoms with Gasteiger partial charge >= 0.3 is 0 Å². The Balaban J connectivity index is 1.27. The van der Waals surface area contributed by atoms with Crippen LogP contribution in [0.4, 0.5) is 17.1 Å². The third-order valence-electron chi connectivity index (χ3n) is 13.7. The van der Waals surface area contributed by atoms with E-state index < -0.39 is 0 Å². The van der Waals surface area contributed by atoms with Crippen LogP contribution >= 0.6 is 11.3 Å². The van der Waals surface area contributed by atoms with E-state index in [1.165, 1.54) is 81.5 Å². The van der Waals surface area contributed by atoms with Crippen LogP contribution in [-0.4, -0.2) is 0 Å². The predicted molar refractivity (Wildman–Crippen MR) is 254 cm³/mol. The summed E-state index contributed by atoms with van der Waals surface area (Å²) in [6.45, 7) is 23.8. The Hall–Kier alpha value is -5.64. The van der Waals surface area contributed by atoms with Gasteiger partial charge in [-0.1, -0.05) is 148 Å². The first-order valence-corrected chi connectivity index (χ1v) is 22.0. The van der Waals surface area contributed by atoms with Gasteiger partial charge in [0.2, 0.25) is 0 Å². The number of fused-ring (bicyclic) bond motifs is 13. The van der Waals surface area contributed by atoms with Crippen molar-refractivity contribution in [2.75, 3.05) is 4.90 Å². The summed E-state index contributed by atoms with van der Waals surface area (Å²) in [4.78, 5) is 2.56. The van der Waals surface area contributed by atoms with Gasteiger partial charge in [0.05, 0.1) is 16.8 Å². The van der Waals surface area contributed by atoms with Gasteiger partial charge in [0.15, 0.2) is 0 Å². The van der Waals surface area contributed by atoms with E-state index in [2.05, 4.69) is 202 Å². The first-order chi connectivity index (χ1) is 28.0. The zero-order valence-electron chi connectivity index (χ0n) is 35.9. The van der Waals surface area contributed by atoms with E-state index in [0.717, 1.165) is 33.3 Å². The molecule has 11 rings (SSSR count). The van der Waals surface area contributed by atoms with E-state index in [0.29, 0.717) is 0 Å². The third-order valence-corrected chi connectivity index (χ3v) is 14.9. The molecule has 2 aliphatic rings. The van der Waals surface area contributed by atoms with E-state index in [1.807, 2.05) is 11.3 Å². The van der Waals surface area contributed by atoms with Crippen molar-refractivity contribution in [3.63, 3.8) is 0 Å². The van der Waals surface area contributed by atoms with Crippen LogP contribution in [0.1, 0.15) is 103 Å². The van der Waals surface area contributed by atoms with Crippen molar-refractivity contribution in [3.05, 3.63) is 161 Å². The Morgan fingerprint density at radius 3 is 1.97 bits per heavy atom. The first kappa shape index (κ1) is 36.4. The van der Waals surface area contributed by atoms with E-state index in [4.69, 9.17) is 4.42 Å². The summed E-state index contributed by atoms with van der Waals surface area (Å²) in [6, 6.07) is 48.1. The van der Waals surface area contributed by atoms with Gasteiger partial charge in [-0.05, 0) is 109 Å². The van der Waals surface area contributed by atoms with Crippen molar-refractivity contribution >= 4 is 70.5 Å². The van der Waals surface area contributed by atoms with Crippen LogP contribution in [0.15, 0.2) is 132 Å². The van der Waals surface area contributed by atoms with Crippen molar-refractivity contribution in [3.8, 4) is 22.3 Å². The van der Waals surface area contributed by atoms with E-state index in [9.17, 15) is 0 Å². The molecule has 7 aromatic carbocycles. The second-order valence-corrected chi connectivity index (χ2v) is 21.2. The Morgan fingerprint density at radius 2 is 1.17 bits per heavy atom. The number of para-hydroxylation sites is 1. The molecule has 2 aliphatic carbocycles. The number of furan rings is 1. The summed E-state index contributed by atoms with van der Waals surface area (Å²) in [7, 11) is 0. The summed E-state index contributed by atoms with van der Waals surface area (Å²) >= 11 is 1.97. The fourth-order valence-electron chi connectivity index (χ4n) is 10.6. The monoisotopic (exact) mass is 785 g/mol.